The molecule has 0 spiro atoms. The number of ether oxygens (including phenoxy) is 2. The second-order valence-corrected chi connectivity index (χ2v) is 5.78. The van der Waals surface area contributed by atoms with E-state index in [1.165, 1.54) is 6.26 Å². The van der Waals surface area contributed by atoms with Crippen LogP contribution >= 0.6 is 0 Å². The first-order valence-electron chi connectivity index (χ1n) is 8.36. The van der Waals surface area contributed by atoms with Crippen LogP contribution in [-0.2, 0) is 18.0 Å². The van der Waals surface area contributed by atoms with Crippen molar-refractivity contribution >= 4 is 5.97 Å². The lowest BCUT2D eigenvalue weighted by Crippen LogP contribution is -2.05. The van der Waals surface area contributed by atoms with Gasteiger partial charge in [0, 0.05) is 13.0 Å². The lowest BCUT2D eigenvalue weighted by Gasteiger charge is -2.05. The fourth-order valence-electron chi connectivity index (χ4n) is 2.37. The molecular weight excluding hydrogens is 366 g/mol. The predicted octanol–water partition coefficient (Wildman–Crippen LogP) is 3.56. The van der Waals surface area contributed by atoms with E-state index in [0.717, 1.165) is 0 Å². The summed E-state index contributed by atoms with van der Waals surface area (Å²) in [6, 6.07) is 11.7. The maximum Gasteiger partial charge on any atom is 0.338 e. The number of nitrogens with zero attached hydrogens (tertiary/aromatic N) is 3. The highest BCUT2D eigenvalue weighted by atomic mass is 16.5. The monoisotopic (exact) mass is 381 g/mol. The van der Waals surface area contributed by atoms with Crippen LogP contribution in [0.4, 0.5) is 0 Å². The van der Waals surface area contributed by atoms with Crippen molar-refractivity contribution in [2.45, 2.75) is 20.1 Å². The Kier molecular flexibility index (Phi) is 4.87. The summed E-state index contributed by atoms with van der Waals surface area (Å²) in [5, 5.41) is 7.60. The highest BCUT2D eigenvalue weighted by Crippen LogP contribution is 2.21. The Bertz CT molecular complexity index is 1050. The second-order valence-electron chi connectivity index (χ2n) is 5.78. The van der Waals surface area contributed by atoms with Crippen LogP contribution in [0.15, 0.2) is 62.2 Å². The second kappa shape index (κ2) is 7.78. The molecule has 0 fully saturated rings. The molecular formula is C19H15N3O6. The van der Waals surface area contributed by atoms with Gasteiger partial charge in [-0.15, -0.1) is 0 Å². The number of hydrogen-bond acceptors (Lipinski definition) is 9. The molecule has 3 heterocycles. The fraction of sp³-hybridized carbons (Fsp3) is 0.158. The number of benzene rings is 1. The third-order valence-corrected chi connectivity index (χ3v) is 3.70. The zero-order chi connectivity index (χ0) is 19.3. The van der Waals surface area contributed by atoms with Crippen molar-refractivity contribution in [2.24, 2.45) is 0 Å². The third kappa shape index (κ3) is 4.09. The summed E-state index contributed by atoms with van der Waals surface area (Å²) in [4.78, 5) is 16.2. The van der Waals surface area contributed by atoms with E-state index in [-0.39, 0.29) is 13.2 Å². The average Bonchev–Trinajstić information content (AvgIpc) is 3.46. The fourth-order valence-corrected chi connectivity index (χ4v) is 2.37. The number of carbonyl (C=O) groups excluding carboxylic acids is 1. The summed E-state index contributed by atoms with van der Waals surface area (Å²) in [6.45, 7) is 1.86. The number of esters is 1. The molecule has 0 radical (unpaired) electrons. The van der Waals surface area contributed by atoms with Gasteiger partial charge >= 0.3 is 5.97 Å². The Morgan fingerprint density at radius 3 is 2.61 bits per heavy atom. The van der Waals surface area contributed by atoms with Gasteiger partial charge in [0.05, 0.1) is 11.8 Å². The third-order valence-electron chi connectivity index (χ3n) is 3.70. The topological polar surface area (TPSA) is 114 Å². The number of carbonyl (C=O) groups is 1. The van der Waals surface area contributed by atoms with Crippen molar-refractivity contribution < 1.29 is 27.7 Å². The normalized spacial score (nSPS) is 10.8. The van der Waals surface area contributed by atoms with Crippen LogP contribution in [0.25, 0.3) is 11.5 Å². The SMILES string of the molecule is Cc1nc(COc2ccc(C(=O)OCc3cc(-c4ccco4)on3)cc2)no1. The Morgan fingerprint density at radius 1 is 1.04 bits per heavy atom. The lowest BCUT2D eigenvalue weighted by atomic mass is 10.2. The molecule has 0 unspecified atom stereocenters. The van der Waals surface area contributed by atoms with E-state index >= 15 is 0 Å². The molecule has 0 saturated heterocycles. The van der Waals surface area contributed by atoms with Crippen molar-refractivity contribution in [1.82, 2.24) is 15.3 Å². The number of aryl methyl sites for hydroxylation is 1. The van der Waals surface area contributed by atoms with Crippen LogP contribution < -0.4 is 4.74 Å². The van der Waals surface area contributed by atoms with Gasteiger partial charge in [-0.05, 0) is 36.4 Å². The molecule has 0 N–H and O–H groups in total. The zero-order valence-corrected chi connectivity index (χ0v) is 14.8. The molecule has 4 rings (SSSR count). The average molecular weight is 381 g/mol. The predicted molar refractivity (Wildman–Crippen MR) is 93.1 cm³/mol. The van der Waals surface area contributed by atoms with E-state index in [1.807, 2.05) is 0 Å². The molecule has 0 bridgehead atoms. The van der Waals surface area contributed by atoms with Crippen molar-refractivity contribution in [3.05, 3.63) is 71.7 Å². The van der Waals surface area contributed by atoms with Gasteiger partial charge in [-0.3, -0.25) is 0 Å². The molecule has 9 heteroatoms. The van der Waals surface area contributed by atoms with Crippen molar-refractivity contribution in [2.75, 3.05) is 0 Å². The molecule has 1 aromatic carbocycles. The van der Waals surface area contributed by atoms with E-state index in [4.69, 9.17) is 22.9 Å². The summed E-state index contributed by atoms with van der Waals surface area (Å²) >= 11 is 0. The van der Waals surface area contributed by atoms with Gasteiger partial charge in [0.15, 0.2) is 12.4 Å². The Balaban J connectivity index is 1.30. The Morgan fingerprint density at radius 2 is 1.89 bits per heavy atom. The summed E-state index contributed by atoms with van der Waals surface area (Å²) in [7, 11) is 0. The summed E-state index contributed by atoms with van der Waals surface area (Å²) in [5.41, 5.74) is 0.868. The smallest absolute Gasteiger partial charge is 0.338 e. The van der Waals surface area contributed by atoms with E-state index in [9.17, 15) is 4.79 Å². The number of rotatable bonds is 7. The molecule has 142 valence electrons. The lowest BCUT2D eigenvalue weighted by molar-refractivity contribution is 0.0464. The molecule has 4 aromatic rings. The highest BCUT2D eigenvalue weighted by Gasteiger charge is 2.12. The minimum Gasteiger partial charge on any atom is -0.485 e. The molecule has 0 atom stereocenters. The standard InChI is InChI=1S/C19H15N3O6/c1-12-20-18(22-27-12)11-25-15-6-4-13(5-7-15)19(23)26-10-14-9-17(28-21-14)16-3-2-8-24-16/h2-9H,10-11H2,1H3. The maximum atomic E-state index is 12.2. The van der Waals surface area contributed by atoms with Crippen molar-refractivity contribution in [3.8, 4) is 17.3 Å². The largest absolute Gasteiger partial charge is 0.485 e. The molecule has 0 aliphatic carbocycles. The van der Waals surface area contributed by atoms with Gasteiger partial charge < -0.3 is 22.9 Å². The number of hydrogen-bond donors (Lipinski definition) is 0. The van der Waals surface area contributed by atoms with Gasteiger partial charge in [-0.2, -0.15) is 4.98 Å². The molecule has 0 amide bonds. The van der Waals surface area contributed by atoms with Gasteiger partial charge in [0.2, 0.25) is 17.5 Å². The minimum absolute atomic E-state index is 0.0154. The van der Waals surface area contributed by atoms with Crippen LogP contribution in [0.3, 0.4) is 0 Å². The Hall–Kier alpha value is -3.88. The van der Waals surface area contributed by atoms with E-state index in [0.29, 0.717) is 40.2 Å². The minimum atomic E-state index is -0.483. The van der Waals surface area contributed by atoms with Crippen LogP contribution in [0.1, 0.15) is 27.8 Å². The van der Waals surface area contributed by atoms with E-state index in [2.05, 4.69) is 15.3 Å². The molecule has 9 nitrogen and oxygen atoms in total. The molecule has 3 aromatic heterocycles. The van der Waals surface area contributed by atoms with Gasteiger partial charge in [0.1, 0.15) is 18.1 Å². The first kappa shape index (κ1) is 17.5. The molecule has 0 aliphatic rings. The molecule has 0 saturated carbocycles. The summed E-state index contributed by atoms with van der Waals surface area (Å²) in [5.74, 6) is 2.02. The first-order valence-corrected chi connectivity index (χ1v) is 8.36. The molecule has 0 aliphatic heterocycles. The van der Waals surface area contributed by atoms with Gasteiger partial charge in [-0.25, -0.2) is 4.79 Å². The van der Waals surface area contributed by atoms with Crippen LogP contribution in [0.2, 0.25) is 0 Å². The molecule has 28 heavy (non-hydrogen) atoms. The van der Waals surface area contributed by atoms with Crippen molar-refractivity contribution in [3.63, 3.8) is 0 Å². The Labute approximate surface area is 158 Å². The van der Waals surface area contributed by atoms with Crippen LogP contribution in [0.5, 0.6) is 5.75 Å². The van der Waals surface area contributed by atoms with E-state index < -0.39 is 5.97 Å². The number of aromatic nitrogens is 3. The maximum absolute atomic E-state index is 12.2. The first-order chi connectivity index (χ1) is 13.7. The quantitative estimate of drug-likeness (QED) is 0.443. The van der Waals surface area contributed by atoms with Crippen LogP contribution in [-0.4, -0.2) is 21.3 Å². The van der Waals surface area contributed by atoms with Gasteiger partial charge in [-0.1, -0.05) is 10.3 Å². The van der Waals surface area contributed by atoms with Crippen molar-refractivity contribution in [1.29, 1.82) is 0 Å². The highest BCUT2D eigenvalue weighted by molar-refractivity contribution is 5.89. The summed E-state index contributed by atoms with van der Waals surface area (Å²) in [6.07, 6.45) is 1.54. The summed E-state index contributed by atoms with van der Waals surface area (Å²) < 4.78 is 26.0. The zero-order valence-electron chi connectivity index (χ0n) is 14.8. The van der Waals surface area contributed by atoms with E-state index in [1.54, 1.807) is 49.4 Å². The van der Waals surface area contributed by atoms with Gasteiger partial charge in [0.25, 0.3) is 0 Å². The number of furan rings is 1. The van der Waals surface area contributed by atoms with Crippen LogP contribution in [0, 0.1) is 6.92 Å².